The average Bonchev–Trinajstić information content (AvgIpc) is 3.39. The Morgan fingerprint density at radius 3 is 2.62 bits per heavy atom. The van der Waals surface area contributed by atoms with Crippen molar-refractivity contribution >= 4 is 28.4 Å². The summed E-state index contributed by atoms with van der Waals surface area (Å²) in [5.74, 6) is 1.72. The highest BCUT2D eigenvalue weighted by Crippen LogP contribution is 2.40. The molecule has 3 aromatic rings. The molecule has 0 saturated heterocycles. The number of aromatic nitrogens is 1. The minimum atomic E-state index is 0.150. The molecule has 2 N–H and O–H groups in total. The smallest absolute Gasteiger partial charge is 0.231 e. The van der Waals surface area contributed by atoms with Gasteiger partial charge in [-0.05, 0) is 26.0 Å². The molecule has 2 aliphatic rings. The fourth-order valence-electron chi connectivity index (χ4n) is 3.56. The molecule has 0 aliphatic carbocycles. The summed E-state index contributed by atoms with van der Waals surface area (Å²) in [6.07, 6.45) is 0. The Bertz CT molecular complexity index is 1160. The van der Waals surface area contributed by atoms with E-state index in [2.05, 4.69) is 19.1 Å². The predicted octanol–water partition coefficient (Wildman–Crippen LogP) is 4.92. The van der Waals surface area contributed by atoms with Gasteiger partial charge in [0.05, 0.1) is 17.8 Å². The van der Waals surface area contributed by atoms with E-state index in [0.29, 0.717) is 22.1 Å². The molecule has 5 rings (SSSR count). The summed E-state index contributed by atoms with van der Waals surface area (Å²) < 4.78 is 10.8. The number of benzene rings is 2. The van der Waals surface area contributed by atoms with Gasteiger partial charge in [-0.1, -0.05) is 29.8 Å². The maximum atomic E-state index is 10.7. The van der Waals surface area contributed by atoms with Crippen LogP contribution in [0.4, 0.5) is 5.69 Å². The summed E-state index contributed by atoms with van der Waals surface area (Å²) in [6.45, 7) is 4.50. The summed E-state index contributed by atoms with van der Waals surface area (Å²) in [7, 11) is 0. The molecular formula is C22H19N3O3S. The van der Waals surface area contributed by atoms with Crippen LogP contribution in [-0.4, -0.2) is 29.3 Å². The van der Waals surface area contributed by atoms with E-state index >= 15 is 0 Å². The van der Waals surface area contributed by atoms with E-state index in [1.165, 1.54) is 16.9 Å². The van der Waals surface area contributed by atoms with E-state index in [9.17, 15) is 5.11 Å². The first-order valence-electron chi connectivity index (χ1n) is 9.24. The molecule has 6 nitrogen and oxygen atoms in total. The van der Waals surface area contributed by atoms with Crippen molar-refractivity contribution in [2.75, 3.05) is 18.2 Å². The van der Waals surface area contributed by atoms with Crippen molar-refractivity contribution < 1.29 is 14.6 Å². The zero-order chi connectivity index (χ0) is 20.1. The van der Waals surface area contributed by atoms with Crippen LogP contribution >= 0.6 is 11.3 Å². The third kappa shape index (κ3) is 2.94. The number of rotatable bonds is 3. The summed E-state index contributed by atoms with van der Waals surface area (Å²) in [5, 5.41) is 20.0. The first-order chi connectivity index (χ1) is 14.0. The molecule has 3 heterocycles. The Balaban J connectivity index is 1.47. The number of ether oxygens (including phenoxy) is 2. The lowest BCUT2D eigenvalue weighted by Crippen LogP contribution is -2.25. The molecule has 0 spiro atoms. The van der Waals surface area contributed by atoms with Gasteiger partial charge in [0.25, 0.3) is 0 Å². The van der Waals surface area contributed by atoms with Gasteiger partial charge in [0.15, 0.2) is 11.5 Å². The number of aryl methyl sites for hydroxylation is 2. The molecule has 1 aromatic heterocycles. The minimum absolute atomic E-state index is 0.150. The van der Waals surface area contributed by atoms with E-state index in [-0.39, 0.29) is 24.9 Å². The third-order valence-electron chi connectivity index (χ3n) is 5.11. The van der Waals surface area contributed by atoms with Gasteiger partial charge < -0.3 is 19.5 Å². The van der Waals surface area contributed by atoms with Crippen LogP contribution in [-0.2, 0) is 0 Å². The normalized spacial score (nSPS) is 15.5. The quantitative estimate of drug-likeness (QED) is 0.646. The lowest BCUT2D eigenvalue weighted by molar-refractivity contribution is 0.174. The van der Waals surface area contributed by atoms with Gasteiger partial charge >= 0.3 is 0 Å². The van der Waals surface area contributed by atoms with Gasteiger partial charge in [-0.2, -0.15) is 0 Å². The maximum absolute atomic E-state index is 10.7. The molecule has 0 amide bonds. The molecule has 0 fully saturated rings. The van der Waals surface area contributed by atoms with Crippen molar-refractivity contribution in [1.82, 2.24) is 4.98 Å². The molecule has 29 heavy (non-hydrogen) atoms. The van der Waals surface area contributed by atoms with E-state index < -0.39 is 0 Å². The Kier molecular flexibility index (Phi) is 4.06. The van der Waals surface area contributed by atoms with Gasteiger partial charge in [0.2, 0.25) is 6.79 Å². The van der Waals surface area contributed by atoms with E-state index in [1.54, 1.807) is 4.90 Å². The number of aliphatic hydroxyl groups excluding tert-OH is 1. The lowest BCUT2D eigenvalue weighted by Gasteiger charge is -2.18. The van der Waals surface area contributed by atoms with Crippen molar-refractivity contribution in [1.29, 1.82) is 5.41 Å². The van der Waals surface area contributed by atoms with Crippen molar-refractivity contribution in [2.24, 2.45) is 0 Å². The molecule has 0 saturated carbocycles. The molecule has 2 aromatic carbocycles. The molecule has 0 atom stereocenters. The van der Waals surface area contributed by atoms with Crippen LogP contribution in [0, 0.1) is 19.3 Å². The first-order valence-corrected chi connectivity index (χ1v) is 10.1. The fourth-order valence-corrected chi connectivity index (χ4v) is 4.56. The number of hydrogen-bond acceptors (Lipinski definition) is 6. The second-order valence-electron chi connectivity index (χ2n) is 7.08. The summed E-state index contributed by atoms with van der Waals surface area (Å²) in [4.78, 5) is 7.57. The third-order valence-corrected chi connectivity index (χ3v) is 6.09. The second-order valence-corrected chi connectivity index (χ2v) is 8.29. The molecule has 0 radical (unpaired) electrons. The summed E-state index contributed by atoms with van der Waals surface area (Å²) in [6, 6.07) is 13.7. The molecule has 0 unspecified atom stereocenters. The number of anilines is 1. The Morgan fingerprint density at radius 2 is 1.83 bits per heavy atom. The topological polar surface area (TPSA) is 78.7 Å². The van der Waals surface area contributed by atoms with Gasteiger partial charge in [-0.3, -0.25) is 5.41 Å². The van der Waals surface area contributed by atoms with Crippen LogP contribution in [0.1, 0.15) is 15.4 Å². The summed E-state index contributed by atoms with van der Waals surface area (Å²) >= 11 is 1.49. The number of hydrogen-bond donors (Lipinski definition) is 2. The molecular weight excluding hydrogens is 386 g/mol. The second kappa shape index (κ2) is 6.63. The number of aliphatic hydroxyl groups is 1. The van der Waals surface area contributed by atoms with Crippen molar-refractivity contribution in [3.63, 3.8) is 0 Å². The SMILES string of the molecule is Cc1ccc(-c2nc(C3=C(O)CN(c4ccc5c(c4)OCO5)C3=N)sc2C)cc1. The van der Waals surface area contributed by atoms with Crippen LogP contribution in [0.3, 0.4) is 0 Å². The highest BCUT2D eigenvalue weighted by molar-refractivity contribution is 7.13. The van der Waals surface area contributed by atoms with Crippen LogP contribution in [0.15, 0.2) is 48.2 Å². The monoisotopic (exact) mass is 405 g/mol. The highest BCUT2D eigenvalue weighted by Gasteiger charge is 2.32. The average molecular weight is 405 g/mol. The summed E-state index contributed by atoms with van der Waals surface area (Å²) in [5.41, 5.74) is 4.37. The zero-order valence-corrected chi connectivity index (χ0v) is 16.8. The van der Waals surface area contributed by atoms with Gasteiger partial charge in [-0.25, -0.2) is 4.98 Å². The molecule has 146 valence electrons. The Morgan fingerprint density at radius 1 is 1.07 bits per heavy atom. The highest BCUT2D eigenvalue weighted by atomic mass is 32.1. The van der Waals surface area contributed by atoms with E-state index in [1.807, 2.05) is 37.3 Å². The standard InChI is InChI=1S/C22H19N3O3S/c1-12-3-5-14(6-4-12)20-13(2)29-22(24-20)19-16(26)10-25(21(19)23)15-7-8-17-18(9-15)28-11-27-17/h3-9,23,26H,10-11H2,1-2H3. The van der Waals surface area contributed by atoms with Crippen molar-refractivity contribution in [2.45, 2.75) is 13.8 Å². The molecule has 2 aliphatic heterocycles. The van der Waals surface area contributed by atoms with Gasteiger partial charge in [0, 0.05) is 22.2 Å². The number of fused-ring (bicyclic) bond motifs is 1. The number of nitrogens with one attached hydrogen (secondary N) is 1. The molecule has 0 bridgehead atoms. The number of nitrogens with zero attached hydrogens (tertiary/aromatic N) is 2. The van der Waals surface area contributed by atoms with Gasteiger partial charge in [-0.15, -0.1) is 11.3 Å². The zero-order valence-electron chi connectivity index (χ0n) is 16.0. The number of thiazole rings is 1. The Hall–Kier alpha value is -3.32. The lowest BCUT2D eigenvalue weighted by atomic mass is 10.1. The van der Waals surface area contributed by atoms with Crippen LogP contribution in [0.25, 0.3) is 16.8 Å². The first kappa shape index (κ1) is 17.8. The van der Waals surface area contributed by atoms with E-state index in [0.717, 1.165) is 21.8 Å². The van der Waals surface area contributed by atoms with Crippen LogP contribution in [0.5, 0.6) is 11.5 Å². The minimum Gasteiger partial charge on any atom is -0.510 e. The van der Waals surface area contributed by atoms with Gasteiger partial charge in [0.1, 0.15) is 16.6 Å². The van der Waals surface area contributed by atoms with Crippen LogP contribution < -0.4 is 14.4 Å². The fraction of sp³-hybridized carbons (Fsp3) is 0.182. The predicted molar refractivity (Wildman–Crippen MR) is 114 cm³/mol. The van der Waals surface area contributed by atoms with E-state index in [4.69, 9.17) is 19.9 Å². The Labute approximate surface area is 172 Å². The number of amidine groups is 1. The maximum Gasteiger partial charge on any atom is 0.231 e. The van der Waals surface area contributed by atoms with Crippen LogP contribution in [0.2, 0.25) is 0 Å². The molecule has 7 heteroatoms. The van der Waals surface area contributed by atoms with Crippen molar-refractivity contribution in [3.05, 3.63) is 63.7 Å². The largest absolute Gasteiger partial charge is 0.510 e. The van der Waals surface area contributed by atoms with Crippen molar-refractivity contribution in [3.8, 4) is 22.8 Å².